The molecule has 0 aromatic heterocycles. The van der Waals surface area contributed by atoms with Crippen molar-refractivity contribution in [2.75, 3.05) is 24.7 Å². The predicted molar refractivity (Wildman–Crippen MR) is 74.2 cm³/mol. The summed E-state index contributed by atoms with van der Waals surface area (Å²) in [4.78, 5) is 22.1. The largest absolute Gasteiger partial charge is 0.396 e. The van der Waals surface area contributed by atoms with Gasteiger partial charge in [-0.3, -0.25) is 9.59 Å². The average Bonchev–Trinajstić information content (AvgIpc) is 2.37. The second kappa shape index (κ2) is 9.22. The summed E-state index contributed by atoms with van der Waals surface area (Å²) in [6, 6.07) is 0. The number of nitrogens with one attached hydrogen (secondary N) is 1. The van der Waals surface area contributed by atoms with E-state index >= 15 is 0 Å². The van der Waals surface area contributed by atoms with Crippen LogP contribution in [-0.4, -0.2) is 41.6 Å². The molecule has 18 heavy (non-hydrogen) atoms. The highest BCUT2D eigenvalue weighted by molar-refractivity contribution is 7.99. The molecule has 0 unspecified atom stereocenters. The molecule has 0 saturated heterocycles. The summed E-state index contributed by atoms with van der Waals surface area (Å²) in [6.45, 7) is 4.59. The fraction of sp³-hybridized carbons (Fsp3) is 0.833. The van der Waals surface area contributed by atoms with Crippen LogP contribution in [-0.2, 0) is 9.59 Å². The fourth-order valence-electron chi connectivity index (χ4n) is 1.49. The van der Waals surface area contributed by atoms with Gasteiger partial charge in [0.2, 0.25) is 11.8 Å². The summed E-state index contributed by atoms with van der Waals surface area (Å²) in [5.41, 5.74) is 4.78. The van der Waals surface area contributed by atoms with E-state index < -0.39 is 0 Å². The van der Waals surface area contributed by atoms with E-state index in [1.807, 2.05) is 13.8 Å². The summed E-state index contributed by atoms with van der Waals surface area (Å²) >= 11 is 1.36. The minimum Gasteiger partial charge on any atom is -0.396 e. The molecule has 5 nitrogen and oxygen atoms in total. The molecule has 0 fully saturated rings. The molecule has 0 heterocycles. The number of aliphatic hydroxyl groups is 1. The van der Waals surface area contributed by atoms with Crippen LogP contribution in [0.25, 0.3) is 0 Å². The van der Waals surface area contributed by atoms with Crippen molar-refractivity contribution in [1.29, 1.82) is 0 Å². The zero-order valence-electron chi connectivity index (χ0n) is 11.2. The molecule has 2 amide bonds. The molecule has 6 heteroatoms. The summed E-state index contributed by atoms with van der Waals surface area (Å²) in [5.74, 6) is 0.417. The average molecular weight is 276 g/mol. The quantitative estimate of drug-likeness (QED) is 0.507. The van der Waals surface area contributed by atoms with Gasteiger partial charge in [0.05, 0.1) is 12.4 Å². The van der Waals surface area contributed by atoms with Gasteiger partial charge in [-0.25, -0.2) is 0 Å². The maximum Gasteiger partial charge on any atom is 0.227 e. The van der Waals surface area contributed by atoms with Crippen LogP contribution in [0.15, 0.2) is 0 Å². The molecule has 0 atom stereocenters. The lowest BCUT2D eigenvalue weighted by molar-refractivity contribution is -0.121. The van der Waals surface area contributed by atoms with E-state index in [0.717, 1.165) is 12.8 Å². The van der Waals surface area contributed by atoms with Gasteiger partial charge in [0.1, 0.15) is 0 Å². The van der Waals surface area contributed by atoms with Gasteiger partial charge in [0, 0.05) is 24.1 Å². The Morgan fingerprint density at radius 1 is 1.33 bits per heavy atom. The van der Waals surface area contributed by atoms with Gasteiger partial charge >= 0.3 is 0 Å². The Morgan fingerprint density at radius 2 is 1.94 bits per heavy atom. The van der Waals surface area contributed by atoms with Crippen LogP contribution < -0.4 is 11.1 Å². The van der Waals surface area contributed by atoms with Crippen LogP contribution in [0.4, 0.5) is 0 Å². The first-order chi connectivity index (χ1) is 8.49. The zero-order valence-corrected chi connectivity index (χ0v) is 12.0. The monoisotopic (exact) mass is 276 g/mol. The van der Waals surface area contributed by atoms with Crippen molar-refractivity contribution in [1.82, 2.24) is 5.32 Å². The molecule has 4 N–H and O–H groups in total. The summed E-state index contributed by atoms with van der Waals surface area (Å²) in [5, 5.41) is 12.2. The van der Waals surface area contributed by atoms with Crippen LogP contribution in [0.2, 0.25) is 0 Å². The fourth-order valence-corrected chi connectivity index (χ4v) is 2.17. The second-order valence-electron chi connectivity index (χ2n) is 4.41. The minimum absolute atomic E-state index is 0.0494. The molecular formula is C12H24N2O3S. The first-order valence-corrected chi connectivity index (χ1v) is 7.38. The lowest BCUT2D eigenvalue weighted by atomic mass is 9.83. The zero-order chi connectivity index (χ0) is 14.0. The highest BCUT2D eigenvalue weighted by atomic mass is 32.2. The number of nitrogens with two attached hydrogens (primary N) is 1. The Kier molecular flexibility index (Phi) is 8.83. The van der Waals surface area contributed by atoms with Crippen molar-refractivity contribution < 1.29 is 14.7 Å². The van der Waals surface area contributed by atoms with Crippen molar-refractivity contribution in [2.45, 2.75) is 33.1 Å². The van der Waals surface area contributed by atoms with E-state index in [4.69, 9.17) is 5.73 Å². The third-order valence-electron chi connectivity index (χ3n) is 3.21. The smallest absolute Gasteiger partial charge is 0.227 e. The molecule has 0 spiro atoms. The van der Waals surface area contributed by atoms with E-state index in [0.29, 0.717) is 18.7 Å². The molecule has 106 valence electrons. The molecule has 0 aliphatic heterocycles. The normalized spacial score (nSPS) is 11.3. The van der Waals surface area contributed by atoms with Crippen LogP contribution in [0.3, 0.4) is 0 Å². The number of hydrogen-bond acceptors (Lipinski definition) is 4. The van der Waals surface area contributed by atoms with Gasteiger partial charge in [-0.1, -0.05) is 13.8 Å². The van der Waals surface area contributed by atoms with E-state index in [-0.39, 0.29) is 29.6 Å². The van der Waals surface area contributed by atoms with Crippen molar-refractivity contribution in [2.24, 2.45) is 11.1 Å². The lowest BCUT2D eigenvalue weighted by Crippen LogP contribution is -2.39. The first-order valence-electron chi connectivity index (χ1n) is 6.23. The van der Waals surface area contributed by atoms with Crippen molar-refractivity contribution in [3.8, 4) is 0 Å². The van der Waals surface area contributed by atoms with E-state index in [9.17, 15) is 14.7 Å². The van der Waals surface area contributed by atoms with Crippen molar-refractivity contribution in [3.05, 3.63) is 0 Å². The summed E-state index contributed by atoms with van der Waals surface area (Å²) in [6.07, 6.45) is 2.03. The first kappa shape index (κ1) is 17.2. The van der Waals surface area contributed by atoms with Crippen LogP contribution in [0.5, 0.6) is 0 Å². The van der Waals surface area contributed by atoms with Crippen LogP contribution in [0.1, 0.15) is 33.1 Å². The number of thioether (sulfide) groups is 1. The van der Waals surface area contributed by atoms with Gasteiger partial charge < -0.3 is 16.2 Å². The Labute approximate surface area is 113 Å². The molecule has 0 saturated carbocycles. The van der Waals surface area contributed by atoms with Gasteiger partial charge in [0.25, 0.3) is 0 Å². The highest BCUT2D eigenvalue weighted by Crippen LogP contribution is 2.24. The topological polar surface area (TPSA) is 92.4 Å². The number of rotatable bonds is 10. The Morgan fingerprint density at radius 3 is 2.39 bits per heavy atom. The number of primary amides is 1. The van der Waals surface area contributed by atoms with Crippen LogP contribution in [0, 0.1) is 5.41 Å². The molecule has 0 radical (unpaired) electrons. The number of aliphatic hydroxyl groups excluding tert-OH is 1. The van der Waals surface area contributed by atoms with Gasteiger partial charge in [-0.15, -0.1) is 0 Å². The third-order valence-corrected chi connectivity index (χ3v) is 4.20. The van der Waals surface area contributed by atoms with Gasteiger partial charge in [-0.05, 0) is 12.8 Å². The number of amides is 2. The summed E-state index contributed by atoms with van der Waals surface area (Å²) < 4.78 is 0. The highest BCUT2D eigenvalue weighted by Gasteiger charge is 2.25. The standard InChI is InChI=1S/C12H24N2O3S/c1-3-12(4-2,9-15)8-14-11(17)5-6-18-7-10(13)16/h15H,3-9H2,1-2H3,(H2,13,16)(H,14,17). The maximum atomic E-state index is 11.6. The Bertz CT molecular complexity index is 260. The third kappa shape index (κ3) is 6.86. The van der Waals surface area contributed by atoms with Crippen molar-refractivity contribution >= 4 is 23.6 Å². The number of carbonyl (C=O) groups excluding carboxylic acids is 2. The van der Waals surface area contributed by atoms with E-state index in [1.54, 1.807) is 0 Å². The molecule has 0 bridgehead atoms. The Hall–Kier alpha value is -0.750. The second-order valence-corrected chi connectivity index (χ2v) is 5.52. The number of carbonyl (C=O) groups is 2. The predicted octanol–water partition coefficient (Wildman–Crippen LogP) is 0.510. The molecule has 0 rings (SSSR count). The minimum atomic E-state index is -0.364. The molecule has 0 aliphatic carbocycles. The van der Waals surface area contributed by atoms with Gasteiger partial charge in [-0.2, -0.15) is 11.8 Å². The lowest BCUT2D eigenvalue weighted by Gasteiger charge is -2.29. The summed E-state index contributed by atoms with van der Waals surface area (Å²) in [7, 11) is 0. The van der Waals surface area contributed by atoms with Crippen molar-refractivity contribution in [3.63, 3.8) is 0 Å². The number of hydrogen-bond donors (Lipinski definition) is 3. The molecule has 0 aromatic rings. The molecule has 0 aliphatic rings. The van der Waals surface area contributed by atoms with Crippen LogP contribution >= 0.6 is 11.8 Å². The van der Waals surface area contributed by atoms with E-state index in [1.165, 1.54) is 11.8 Å². The molecule has 0 aromatic carbocycles. The maximum absolute atomic E-state index is 11.6. The van der Waals surface area contributed by atoms with Gasteiger partial charge in [0.15, 0.2) is 0 Å². The SMILES string of the molecule is CCC(CC)(CO)CNC(=O)CCSCC(N)=O. The van der Waals surface area contributed by atoms with E-state index in [2.05, 4.69) is 5.32 Å². The Balaban J connectivity index is 3.84. The molecular weight excluding hydrogens is 252 g/mol.